The van der Waals surface area contributed by atoms with Crippen molar-refractivity contribution in [3.05, 3.63) is 109 Å². The van der Waals surface area contributed by atoms with Gasteiger partial charge in [-0.05, 0) is 90.4 Å². The zero-order valence-corrected chi connectivity index (χ0v) is 46.4. The molecule has 0 aromatic heterocycles. The van der Waals surface area contributed by atoms with Crippen LogP contribution < -0.4 is 5.32 Å². The van der Waals surface area contributed by atoms with Gasteiger partial charge in [0.1, 0.15) is 24.4 Å². The van der Waals surface area contributed by atoms with Gasteiger partial charge in [-0.1, -0.05) is 245 Å². The molecular formula is C64H109NO8. The van der Waals surface area contributed by atoms with Crippen LogP contribution in [0.1, 0.15) is 232 Å². The van der Waals surface area contributed by atoms with Crippen molar-refractivity contribution in [1.82, 2.24) is 5.32 Å². The smallest absolute Gasteiger partial charge is 0.220 e. The zero-order valence-electron chi connectivity index (χ0n) is 46.4. The molecule has 9 heteroatoms. The third kappa shape index (κ3) is 41.7. The van der Waals surface area contributed by atoms with Gasteiger partial charge in [-0.25, -0.2) is 0 Å². The van der Waals surface area contributed by atoms with E-state index < -0.39 is 49.5 Å². The van der Waals surface area contributed by atoms with Gasteiger partial charge in [0.05, 0.1) is 25.4 Å². The summed E-state index contributed by atoms with van der Waals surface area (Å²) in [5, 5.41) is 54.1. The van der Waals surface area contributed by atoms with Gasteiger partial charge in [-0.2, -0.15) is 0 Å². The van der Waals surface area contributed by atoms with Crippen molar-refractivity contribution >= 4 is 5.91 Å². The molecule has 0 radical (unpaired) electrons. The summed E-state index contributed by atoms with van der Waals surface area (Å²) in [7, 11) is 0. The fourth-order valence-corrected chi connectivity index (χ4v) is 8.79. The first kappa shape index (κ1) is 67.9. The molecule has 0 aromatic rings. The second-order valence-corrected chi connectivity index (χ2v) is 20.1. The van der Waals surface area contributed by atoms with Crippen molar-refractivity contribution in [3.8, 4) is 0 Å². The summed E-state index contributed by atoms with van der Waals surface area (Å²) in [5.41, 5.74) is 0. The van der Waals surface area contributed by atoms with Crippen molar-refractivity contribution in [2.24, 2.45) is 0 Å². The molecular weight excluding hydrogens is 911 g/mol. The van der Waals surface area contributed by atoms with E-state index in [2.05, 4.69) is 103 Å². The fourth-order valence-electron chi connectivity index (χ4n) is 8.79. The Morgan fingerprint density at radius 3 is 1.32 bits per heavy atom. The maximum atomic E-state index is 13.0. The van der Waals surface area contributed by atoms with Crippen molar-refractivity contribution < 1.29 is 39.8 Å². The topological polar surface area (TPSA) is 149 Å². The van der Waals surface area contributed by atoms with E-state index in [1.54, 1.807) is 6.08 Å². The van der Waals surface area contributed by atoms with Crippen LogP contribution in [0.3, 0.4) is 0 Å². The summed E-state index contributed by atoms with van der Waals surface area (Å²) >= 11 is 0. The Morgan fingerprint density at radius 2 is 0.877 bits per heavy atom. The predicted molar refractivity (Wildman–Crippen MR) is 308 cm³/mol. The number of rotatable bonds is 49. The Morgan fingerprint density at radius 1 is 0.493 bits per heavy atom. The van der Waals surface area contributed by atoms with Gasteiger partial charge in [0, 0.05) is 6.42 Å². The largest absolute Gasteiger partial charge is 0.394 e. The first-order valence-corrected chi connectivity index (χ1v) is 29.6. The summed E-state index contributed by atoms with van der Waals surface area (Å²) in [4.78, 5) is 13.0. The Hall–Kier alpha value is -3.15. The molecule has 0 aliphatic carbocycles. The summed E-state index contributed by atoms with van der Waals surface area (Å²) in [6, 6.07) is -0.829. The highest BCUT2D eigenvalue weighted by Crippen LogP contribution is 2.23. The molecule has 1 aliphatic rings. The highest BCUT2D eigenvalue weighted by molar-refractivity contribution is 5.76. The molecule has 0 spiro atoms. The average Bonchev–Trinajstić information content (AvgIpc) is 3.39. The minimum Gasteiger partial charge on any atom is -0.394 e. The molecule has 1 aliphatic heterocycles. The first-order chi connectivity index (χ1) is 35.8. The van der Waals surface area contributed by atoms with Crippen LogP contribution in [0.4, 0.5) is 0 Å². The zero-order chi connectivity index (χ0) is 52.9. The number of ether oxygens (including phenoxy) is 2. The SMILES string of the molecule is C/C=C/CC/C=C/CC/C=C/C(O)C(COC1OC(CO)C(O)C(O)C1O)NC(=O)CCCCCCCCCCCCCCCCCCCCCCCC/C=C\C/C=C\C/C=C\C/C=C\C/C=C\C/C=C\CC. The molecule has 1 rings (SSSR count). The van der Waals surface area contributed by atoms with E-state index in [1.165, 1.54) is 128 Å². The maximum absolute atomic E-state index is 13.0. The van der Waals surface area contributed by atoms with Crippen LogP contribution in [-0.2, 0) is 14.3 Å². The highest BCUT2D eigenvalue weighted by atomic mass is 16.7. The second kappa shape index (κ2) is 52.3. The molecule has 1 heterocycles. The number of hydrogen-bond acceptors (Lipinski definition) is 8. The van der Waals surface area contributed by atoms with Crippen LogP contribution in [-0.4, -0.2) is 87.5 Å². The van der Waals surface area contributed by atoms with Crippen molar-refractivity contribution in [1.29, 1.82) is 0 Å². The lowest BCUT2D eigenvalue weighted by atomic mass is 9.99. The number of aliphatic hydroxyl groups is 5. The molecule has 0 saturated carbocycles. The van der Waals surface area contributed by atoms with Crippen molar-refractivity contribution in [3.63, 3.8) is 0 Å². The third-order valence-corrected chi connectivity index (χ3v) is 13.4. The van der Waals surface area contributed by atoms with E-state index in [1.807, 2.05) is 19.1 Å². The monoisotopic (exact) mass is 1020 g/mol. The van der Waals surface area contributed by atoms with Gasteiger partial charge >= 0.3 is 0 Å². The van der Waals surface area contributed by atoms with E-state index >= 15 is 0 Å². The van der Waals surface area contributed by atoms with Crippen LogP contribution in [0.2, 0.25) is 0 Å². The van der Waals surface area contributed by atoms with E-state index in [0.717, 1.165) is 83.5 Å². The number of unbranched alkanes of at least 4 members (excludes halogenated alkanes) is 24. The third-order valence-electron chi connectivity index (χ3n) is 13.4. The van der Waals surface area contributed by atoms with E-state index in [0.29, 0.717) is 6.42 Å². The molecule has 0 bridgehead atoms. The molecule has 7 atom stereocenters. The van der Waals surface area contributed by atoms with E-state index in [4.69, 9.17) is 9.47 Å². The van der Waals surface area contributed by atoms with E-state index in [9.17, 15) is 30.3 Å². The first-order valence-electron chi connectivity index (χ1n) is 29.6. The second-order valence-electron chi connectivity index (χ2n) is 20.1. The van der Waals surface area contributed by atoms with Crippen LogP contribution in [0.15, 0.2) is 109 Å². The molecule has 7 unspecified atom stereocenters. The van der Waals surface area contributed by atoms with Gasteiger partial charge < -0.3 is 40.3 Å². The minimum absolute atomic E-state index is 0.195. The molecule has 1 fully saturated rings. The number of nitrogens with one attached hydrogen (secondary N) is 1. The lowest BCUT2D eigenvalue weighted by molar-refractivity contribution is -0.302. The molecule has 0 aromatic carbocycles. The predicted octanol–water partition coefficient (Wildman–Crippen LogP) is 15.0. The molecule has 6 N–H and O–H groups in total. The molecule has 1 saturated heterocycles. The van der Waals surface area contributed by atoms with E-state index in [-0.39, 0.29) is 12.5 Å². The van der Waals surface area contributed by atoms with Crippen molar-refractivity contribution in [2.75, 3.05) is 13.2 Å². The van der Waals surface area contributed by atoms with Gasteiger partial charge in [-0.15, -0.1) is 0 Å². The fraction of sp³-hybridized carbons (Fsp3) is 0.703. The van der Waals surface area contributed by atoms with Crippen LogP contribution >= 0.6 is 0 Å². The van der Waals surface area contributed by atoms with Gasteiger partial charge in [0.2, 0.25) is 5.91 Å². The normalized spacial score (nSPS) is 19.9. The maximum Gasteiger partial charge on any atom is 0.220 e. The van der Waals surface area contributed by atoms with Crippen LogP contribution in [0, 0.1) is 0 Å². The average molecular weight is 1020 g/mol. The minimum atomic E-state index is -1.58. The molecule has 1 amide bonds. The number of allylic oxidation sites excluding steroid dienone is 17. The molecule has 73 heavy (non-hydrogen) atoms. The Labute approximate surface area is 446 Å². The van der Waals surface area contributed by atoms with Crippen LogP contribution in [0.5, 0.6) is 0 Å². The van der Waals surface area contributed by atoms with Gasteiger partial charge in [-0.3, -0.25) is 4.79 Å². The lowest BCUT2D eigenvalue weighted by Gasteiger charge is -2.40. The van der Waals surface area contributed by atoms with Gasteiger partial charge in [0.15, 0.2) is 6.29 Å². The van der Waals surface area contributed by atoms with Crippen LogP contribution in [0.25, 0.3) is 0 Å². The summed E-state index contributed by atoms with van der Waals surface area (Å²) in [6.07, 6.45) is 70.8. The van der Waals surface area contributed by atoms with Gasteiger partial charge in [0.25, 0.3) is 0 Å². The number of hydrogen-bond donors (Lipinski definition) is 6. The standard InChI is InChI=1S/C64H109NO8/c1-3-5-7-9-11-13-14-15-16-17-18-19-20-21-22-23-24-25-26-27-28-29-30-31-32-33-34-35-36-37-38-39-40-41-42-43-44-46-48-50-52-54-60(68)65-57(58(67)53-51-49-47-45-12-10-8-6-4-2)56-72-64-63(71)62(70)61(69)59(55-66)73-64/h4-7,11-13,15-16,18-19,21-22,24-25,45,51,53,57-59,61-64,66-67,69-71H,3,8-10,14,17,20,23,26-44,46-50,52,54-56H2,1-2H3,(H,65,68)/b6-4+,7-5-,13-11-,16-15-,19-18-,22-21-,25-24-,45-12+,53-51+. The molecule has 418 valence electrons. The van der Waals surface area contributed by atoms with Crippen molar-refractivity contribution in [2.45, 2.75) is 275 Å². The number of carbonyl (C=O) groups is 1. The summed E-state index contributed by atoms with van der Waals surface area (Å²) < 4.78 is 11.2. The number of aliphatic hydroxyl groups excluding tert-OH is 5. The lowest BCUT2D eigenvalue weighted by Crippen LogP contribution is -2.60. The Balaban J connectivity index is 2.01. The number of amides is 1. The summed E-state index contributed by atoms with van der Waals surface area (Å²) in [6.45, 7) is 3.40. The summed E-state index contributed by atoms with van der Waals surface area (Å²) in [5.74, 6) is -0.195. The molecule has 9 nitrogen and oxygen atoms in total. The Bertz CT molecular complexity index is 1510. The highest BCUT2D eigenvalue weighted by Gasteiger charge is 2.44. The Kier molecular flexibility index (Phi) is 48.6. The quantitative estimate of drug-likeness (QED) is 0.0261. The number of carbonyl (C=O) groups excluding carboxylic acids is 1.